The van der Waals surface area contributed by atoms with Gasteiger partial charge in [0.15, 0.2) is 0 Å². The van der Waals surface area contributed by atoms with E-state index in [0.29, 0.717) is 37.3 Å². The summed E-state index contributed by atoms with van der Waals surface area (Å²) in [6.45, 7) is 3.08. The molecule has 0 bridgehead atoms. The Balaban J connectivity index is 1.54. The van der Waals surface area contributed by atoms with Gasteiger partial charge in [0.25, 0.3) is 0 Å². The third kappa shape index (κ3) is 3.34. The fraction of sp³-hybridized carbons (Fsp3) is 0.429. The predicted molar refractivity (Wildman–Crippen MR) is 98.5 cm³/mol. The second-order valence-corrected chi connectivity index (χ2v) is 7.81. The van der Waals surface area contributed by atoms with Crippen LogP contribution in [0.15, 0.2) is 36.4 Å². The molecule has 3 atom stereocenters. The summed E-state index contributed by atoms with van der Waals surface area (Å²) in [6.07, 6.45) is -2.98. The first-order valence-electron chi connectivity index (χ1n) is 9.36. The molecular weight excluding hydrogens is 369 g/mol. The largest absolute Gasteiger partial charge is 0.478 e. The highest BCUT2D eigenvalue weighted by atomic mass is 19.4. The number of hydrogen-bond donors (Lipinski definition) is 1. The Kier molecular flexibility index (Phi) is 4.56. The Morgan fingerprint density at radius 3 is 2.36 bits per heavy atom. The van der Waals surface area contributed by atoms with Crippen LogP contribution in [0.1, 0.15) is 45.9 Å². The van der Waals surface area contributed by atoms with E-state index < -0.39 is 17.7 Å². The smallest absolute Gasteiger partial charge is 0.416 e. The number of aryl methyl sites for hydroxylation is 1. The van der Waals surface area contributed by atoms with Crippen LogP contribution in [-0.2, 0) is 6.18 Å². The highest BCUT2D eigenvalue weighted by Gasteiger charge is 2.44. The van der Waals surface area contributed by atoms with Crippen molar-refractivity contribution in [1.82, 2.24) is 4.98 Å². The molecular formula is C21H21F3N2O2. The van der Waals surface area contributed by atoms with Crippen molar-refractivity contribution in [2.75, 3.05) is 18.0 Å². The van der Waals surface area contributed by atoms with Crippen LogP contribution in [0.3, 0.4) is 0 Å². The van der Waals surface area contributed by atoms with Gasteiger partial charge in [0.1, 0.15) is 11.4 Å². The SMILES string of the molecule is Cc1ccc(C(=O)O)c(N2C[C@H]3CC(c4ccccc4C(F)(F)F)C[C@H]3C2)n1. The first-order chi connectivity index (χ1) is 13.2. The van der Waals surface area contributed by atoms with Crippen molar-refractivity contribution < 1.29 is 23.1 Å². The highest BCUT2D eigenvalue weighted by Crippen LogP contribution is 2.49. The summed E-state index contributed by atoms with van der Waals surface area (Å²) < 4.78 is 40.1. The fourth-order valence-electron chi connectivity index (χ4n) is 4.79. The van der Waals surface area contributed by atoms with Gasteiger partial charge in [0.05, 0.1) is 5.56 Å². The van der Waals surface area contributed by atoms with Gasteiger partial charge >= 0.3 is 12.1 Å². The minimum Gasteiger partial charge on any atom is -0.478 e. The molecule has 2 heterocycles. The number of anilines is 1. The molecule has 0 radical (unpaired) electrons. The molecule has 1 saturated heterocycles. The number of aromatic carboxylic acids is 1. The van der Waals surface area contributed by atoms with Crippen molar-refractivity contribution in [2.45, 2.75) is 31.9 Å². The molecule has 1 saturated carbocycles. The molecule has 2 aliphatic rings. The van der Waals surface area contributed by atoms with E-state index in [1.165, 1.54) is 6.07 Å². The molecule has 0 spiro atoms. The van der Waals surface area contributed by atoms with E-state index in [2.05, 4.69) is 4.98 Å². The number of halogens is 3. The Morgan fingerprint density at radius 1 is 1.11 bits per heavy atom. The molecule has 1 N–H and O–H groups in total. The number of hydrogen-bond acceptors (Lipinski definition) is 3. The standard InChI is InChI=1S/C21H21F3N2O2/c1-12-6-7-17(20(27)28)19(25-12)26-10-14-8-13(9-15(14)11-26)16-4-2-3-5-18(16)21(22,23)24/h2-7,13-15H,8-11H2,1H3,(H,27,28)/t13?,14-,15+. The van der Waals surface area contributed by atoms with Crippen molar-refractivity contribution in [3.8, 4) is 0 Å². The van der Waals surface area contributed by atoms with Crippen LogP contribution in [0.4, 0.5) is 19.0 Å². The predicted octanol–water partition coefficient (Wildman–Crippen LogP) is 4.74. The van der Waals surface area contributed by atoms with Crippen LogP contribution < -0.4 is 4.90 Å². The zero-order chi connectivity index (χ0) is 20.1. The summed E-state index contributed by atoms with van der Waals surface area (Å²) in [6, 6.07) is 9.09. The summed E-state index contributed by atoms with van der Waals surface area (Å²) in [4.78, 5) is 17.9. The van der Waals surface area contributed by atoms with Crippen molar-refractivity contribution >= 4 is 11.8 Å². The van der Waals surface area contributed by atoms with E-state index in [1.54, 1.807) is 24.3 Å². The van der Waals surface area contributed by atoms with Gasteiger partial charge in [0.2, 0.25) is 0 Å². The summed E-state index contributed by atoms with van der Waals surface area (Å²) in [7, 11) is 0. The highest BCUT2D eigenvalue weighted by molar-refractivity contribution is 5.93. The minimum absolute atomic E-state index is 0.112. The lowest BCUT2D eigenvalue weighted by molar-refractivity contribution is -0.138. The molecule has 0 amide bonds. The van der Waals surface area contributed by atoms with E-state index >= 15 is 0 Å². The topological polar surface area (TPSA) is 53.4 Å². The van der Waals surface area contributed by atoms with Gasteiger partial charge in [-0.1, -0.05) is 18.2 Å². The third-order valence-corrected chi connectivity index (χ3v) is 6.00. The van der Waals surface area contributed by atoms with Gasteiger partial charge in [-0.05, 0) is 61.3 Å². The second-order valence-electron chi connectivity index (χ2n) is 7.81. The molecule has 4 rings (SSSR count). The number of pyridine rings is 1. The molecule has 1 aromatic heterocycles. The summed E-state index contributed by atoms with van der Waals surface area (Å²) in [5.74, 6) is -0.171. The zero-order valence-electron chi connectivity index (χ0n) is 15.4. The average Bonchev–Trinajstić information content (AvgIpc) is 3.19. The van der Waals surface area contributed by atoms with Crippen LogP contribution in [0.5, 0.6) is 0 Å². The number of nitrogens with zero attached hydrogens (tertiary/aromatic N) is 2. The molecule has 2 fully saturated rings. The first-order valence-corrected chi connectivity index (χ1v) is 9.36. The second kappa shape index (κ2) is 6.79. The number of carboxylic acid groups (broad SMARTS) is 1. The Hall–Kier alpha value is -2.57. The fourth-order valence-corrected chi connectivity index (χ4v) is 4.79. The van der Waals surface area contributed by atoms with Crippen LogP contribution >= 0.6 is 0 Å². The Morgan fingerprint density at radius 2 is 1.75 bits per heavy atom. The lowest BCUT2D eigenvalue weighted by atomic mass is 9.91. The molecule has 1 unspecified atom stereocenters. The van der Waals surface area contributed by atoms with Gasteiger partial charge in [-0.25, -0.2) is 9.78 Å². The summed E-state index contributed by atoms with van der Waals surface area (Å²) >= 11 is 0. The minimum atomic E-state index is -4.35. The van der Waals surface area contributed by atoms with Crippen molar-refractivity contribution in [1.29, 1.82) is 0 Å². The van der Waals surface area contributed by atoms with Gasteiger partial charge < -0.3 is 10.0 Å². The maximum Gasteiger partial charge on any atom is 0.416 e. The first kappa shape index (κ1) is 18.8. The maximum absolute atomic E-state index is 13.4. The number of fused-ring (bicyclic) bond motifs is 1. The molecule has 148 valence electrons. The van der Waals surface area contributed by atoms with Gasteiger partial charge in [0, 0.05) is 18.8 Å². The van der Waals surface area contributed by atoms with Crippen LogP contribution in [0.25, 0.3) is 0 Å². The Bertz CT molecular complexity index is 899. The molecule has 28 heavy (non-hydrogen) atoms. The van der Waals surface area contributed by atoms with Crippen molar-refractivity contribution in [3.63, 3.8) is 0 Å². The normalized spacial score (nSPS) is 24.4. The Labute approximate surface area is 161 Å². The quantitative estimate of drug-likeness (QED) is 0.823. The lowest BCUT2D eigenvalue weighted by Crippen LogP contribution is -2.25. The number of carbonyl (C=O) groups is 1. The van der Waals surface area contributed by atoms with Gasteiger partial charge in [-0.2, -0.15) is 13.2 Å². The van der Waals surface area contributed by atoms with E-state index in [9.17, 15) is 23.1 Å². The zero-order valence-corrected chi connectivity index (χ0v) is 15.4. The van der Waals surface area contributed by atoms with E-state index in [4.69, 9.17) is 0 Å². The molecule has 1 aliphatic carbocycles. The molecule has 4 nitrogen and oxygen atoms in total. The van der Waals surface area contributed by atoms with Gasteiger partial charge in [-0.3, -0.25) is 0 Å². The summed E-state index contributed by atoms with van der Waals surface area (Å²) in [5, 5.41) is 9.44. The number of carboxylic acids is 1. The maximum atomic E-state index is 13.4. The van der Waals surface area contributed by atoms with Crippen molar-refractivity contribution in [3.05, 3.63) is 58.8 Å². The molecule has 1 aromatic carbocycles. The number of aromatic nitrogens is 1. The molecule has 1 aliphatic heterocycles. The van der Waals surface area contributed by atoms with Crippen molar-refractivity contribution in [2.24, 2.45) is 11.8 Å². The van der Waals surface area contributed by atoms with E-state index in [0.717, 1.165) is 11.8 Å². The van der Waals surface area contributed by atoms with Crippen LogP contribution in [-0.4, -0.2) is 29.1 Å². The number of alkyl halides is 3. The average molecular weight is 390 g/mol. The monoisotopic (exact) mass is 390 g/mol. The van der Waals surface area contributed by atoms with E-state index in [1.807, 2.05) is 11.8 Å². The third-order valence-electron chi connectivity index (χ3n) is 6.00. The summed E-state index contributed by atoms with van der Waals surface area (Å²) in [5.41, 5.74) is 0.764. The molecule has 2 aromatic rings. The number of rotatable bonds is 3. The molecule has 7 heteroatoms. The lowest BCUT2D eigenvalue weighted by Gasteiger charge is -2.23. The van der Waals surface area contributed by atoms with Crippen LogP contribution in [0.2, 0.25) is 0 Å². The van der Waals surface area contributed by atoms with Gasteiger partial charge in [-0.15, -0.1) is 0 Å². The van der Waals surface area contributed by atoms with Crippen LogP contribution in [0, 0.1) is 18.8 Å². The number of benzene rings is 1. The van der Waals surface area contributed by atoms with E-state index in [-0.39, 0.29) is 23.3 Å².